The molecule has 108 valence electrons. The molecule has 1 aromatic heterocycles. The Labute approximate surface area is 131 Å². The highest BCUT2D eigenvalue weighted by Gasteiger charge is 2.26. The molecule has 1 aliphatic heterocycles. The van der Waals surface area contributed by atoms with Crippen LogP contribution in [0.2, 0.25) is 10.4 Å². The second-order valence-corrected chi connectivity index (χ2v) is 5.44. The van der Waals surface area contributed by atoms with E-state index in [2.05, 4.69) is 20.6 Å². The third-order valence-electron chi connectivity index (χ3n) is 3.33. The molecule has 2 N–H and O–H groups in total. The number of carbonyl (C=O) groups excluding carboxylic acids is 1. The van der Waals surface area contributed by atoms with Gasteiger partial charge >= 0.3 is 0 Å². The van der Waals surface area contributed by atoms with Crippen LogP contribution in [0.3, 0.4) is 0 Å². The van der Waals surface area contributed by atoms with E-state index in [1.807, 2.05) is 24.3 Å². The van der Waals surface area contributed by atoms with E-state index in [1.54, 1.807) is 0 Å². The number of amides is 1. The van der Waals surface area contributed by atoms with Crippen molar-refractivity contribution < 1.29 is 4.79 Å². The van der Waals surface area contributed by atoms with E-state index in [0.717, 1.165) is 17.7 Å². The van der Waals surface area contributed by atoms with Gasteiger partial charge in [0.2, 0.25) is 11.2 Å². The summed E-state index contributed by atoms with van der Waals surface area (Å²) < 4.78 is 0. The lowest BCUT2D eigenvalue weighted by Crippen LogP contribution is -2.35. The Morgan fingerprint density at radius 3 is 2.90 bits per heavy atom. The van der Waals surface area contributed by atoms with E-state index >= 15 is 0 Å². The van der Waals surface area contributed by atoms with Crippen LogP contribution in [0.1, 0.15) is 17.0 Å². The van der Waals surface area contributed by atoms with Crippen LogP contribution in [0.15, 0.2) is 30.3 Å². The molecule has 0 saturated heterocycles. The van der Waals surface area contributed by atoms with Gasteiger partial charge in [0.05, 0.1) is 5.92 Å². The third kappa shape index (κ3) is 3.15. The van der Waals surface area contributed by atoms with Crippen molar-refractivity contribution in [2.24, 2.45) is 0 Å². The minimum absolute atomic E-state index is 0.0000284. The molecule has 0 saturated carbocycles. The first kappa shape index (κ1) is 14.3. The van der Waals surface area contributed by atoms with E-state index in [0.29, 0.717) is 12.4 Å². The summed E-state index contributed by atoms with van der Waals surface area (Å²) in [5.74, 6) is -0.129. The normalized spacial score (nSPS) is 17.1. The second-order valence-electron chi connectivity index (χ2n) is 4.72. The molecule has 0 fully saturated rings. The van der Waals surface area contributed by atoms with Gasteiger partial charge in [-0.15, -0.1) is 0 Å². The van der Waals surface area contributed by atoms with Crippen LogP contribution in [0.5, 0.6) is 0 Å². The van der Waals surface area contributed by atoms with E-state index in [9.17, 15) is 4.79 Å². The van der Waals surface area contributed by atoms with Gasteiger partial charge in [0.25, 0.3) is 0 Å². The van der Waals surface area contributed by atoms with Crippen LogP contribution in [0.4, 0.5) is 5.82 Å². The summed E-state index contributed by atoms with van der Waals surface area (Å²) in [6, 6.07) is 9.35. The molecule has 5 nitrogen and oxygen atoms in total. The predicted octanol–water partition coefficient (Wildman–Crippen LogP) is 2.61. The van der Waals surface area contributed by atoms with Crippen molar-refractivity contribution in [1.82, 2.24) is 15.3 Å². The first-order valence-electron chi connectivity index (χ1n) is 6.43. The SMILES string of the molecule is O=C(Nc1cc(Cl)nc(Cl)n1)C1CNCc2ccccc21. The number of carbonyl (C=O) groups is 1. The van der Waals surface area contributed by atoms with E-state index in [4.69, 9.17) is 23.2 Å². The molecule has 0 spiro atoms. The van der Waals surface area contributed by atoms with Crippen LogP contribution in [-0.4, -0.2) is 22.4 Å². The molecule has 2 heterocycles. The van der Waals surface area contributed by atoms with Gasteiger partial charge in [0.15, 0.2) is 0 Å². The predicted molar refractivity (Wildman–Crippen MR) is 81.6 cm³/mol. The smallest absolute Gasteiger partial charge is 0.234 e. The maximum absolute atomic E-state index is 12.5. The van der Waals surface area contributed by atoms with Gasteiger partial charge < -0.3 is 10.6 Å². The maximum Gasteiger partial charge on any atom is 0.234 e. The molecule has 1 aliphatic rings. The van der Waals surface area contributed by atoms with Gasteiger partial charge in [-0.05, 0) is 22.7 Å². The molecule has 1 atom stereocenters. The van der Waals surface area contributed by atoms with Crippen LogP contribution in [0.25, 0.3) is 0 Å². The number of hydrogen-bond donors (Lipinski definition) is 2. The zero-order valence-electron chi connectivity index (χ0n) is 10.9. The topological polar surface area (TPSA) is 66.9 Å². The Morgan fingerprint density at radius 1 is 1.29 bits per heavy atom. The minimum atomic E-state index is -0.275. The number of anilines is 1. The first-order chi connectivity index (χ1) is 10.1. The Kier molecular flexibility index (Phi) is 4.05. The van der Waals surface area contributed by atoms with Crippen LogP contribution >= 0.6 is 23.2 Å². The standard InChI is InChI=1S/C14H12Cl2N4O/c15-11-5-12(20-14(16)18-11)19-13(21)10-7-17-6-8-3-1-2-4-9(8)10/h1-5,10,17H,6-7H2,(H,18,19,20,21). The molecule has 1 unspecified atom stereocenters. The number of nitrogens with zero attached hydrogens (tertiary/aromatic N) is 2. The van der Waals surface area contributed by atoms with Gasteiger partial charge in [0, 0.05) is 19.2 Å². The maximum atomic E-state index is 12.5. The molecule has 3 rings (SSSR count). The van der Waals surface area contributed by atoms with Crippen molar-refractivity contribution in [3.63, 3.8) is 0 Å². The average molecular weight is 323 g/mol. The largest absolute Gasteiger partial charge is 0.312 e. The summed E-state index contributed by atoms with van der Waals surface area (Å²) in [6.07, 6.45) is 0. The highest BCUT2D eigenvalue weighted by molar-refractivity contribution is 6.32. The Balaban J connectivity index is 1.83. The molecule has 1 aromatic carbocycles. The highest BCUT2D eigenvalue weighted by Crippen LogP contribution is 2.25. The molecular formula is C14H12Cl2N4O. The fraction of sp³-hybridized carbons (Fsp3) is 0.214. The van der Waals surface area contributed by atoms with E-state index in [1.165, 1.54) is 6.07 Å². The molecule has 2 aromatic rings. The molecule has 1 amide bonds. The summed E-state index contributed by atoms with van der Waals surface area (Å²) in [5, 5.41) is 6.16. The lowest BCUT2D eigenvalue weighted by molar-refractivity contribution is -0.117. The lowest BCUT2D eigenvalue weighted by atomic mass is 9.90. The van der Waals surface area contributed by atoms with Crippen molar-refractivity contribution in [3.05, 3.63) is 51.9 Å². The fourth-order valence-electron chi connectivity index (χ4n) is 2.40. The molecule has 21 heavy (non-hydrogen) atoms. The average Bonchev–Trinajstić information content (AvgIpc) is 2.45. The summed E-state index contributed by atoms with van der Waals surface area (Å²) in [7, 11) is 0. The van der Waals surface area contributed by atoms with Crippen molar-refractivity contribution >= 4 is 34.9 Å². The number of nitrogens with one attached hydrogen (secondary N) is 2. The lowest BCUT2D eigenvalue weighted by Gasteiger charge is -2.25. The van der Waals surface area contributed by atoms with Crippen LogP contribution in [-0.2, 0) is 11.3 Å². The number of hydrogen-bond acceptors (Lipinski definition) is 4. The second kappa shape index (κ2) is 5.97. The zero-order valence-corrected chi connectivity index (χ0v) is 12.4. The Bertz CT molecular complexity index is 672. The van der Waals surface area contributed by atoms with Gasteiger partial charge in [0.1, 0.15) is 11.0 Å². The van der Waals surface area contributed by atoms with E-state index in [-0.39, 0.29) is 22.3 Å². The van der Waals surface area contributed by atoms with Gasteiger partial charge in [-0.25, -0.2) is 9.97 Å². The van der Waals surface area contributed by atoms with Crippen molar-refractivity contribution in [3.8, 4) is 0 Å². The van der Waals surface area contributed by atoms with Crippen molar-refractivity contribution in [2.75, 3.05) is 11.9 Å². The number of benzene rings is 1. The quantitative estimate of drug-likeness (QED) is 0.658. The highest BCUT2D eigenvalue weighted by atomic mass is 35.5. The van der Waals surface area contributed by atoms with Crippen LogP contribution < -0.4 is 10.6 Å². The number of rotatable bonds is 2. The minimum Gasteiger partial charge on any atom is -0.312 e. The summed E-state index contributed by atoms with van der Waals surface area (Å²) in [4.78, 5) is 20.1. The summed E-state index contributed by atoms with van der Waals surface area (Å²) >= 11 is 11.5. The number of fused-ring (bicyclic) bond motifs is 1. The van der Waals surface area contributed by atoms with Crippen molar-refractivity contribution in [2.45, 2.75) is 12.5 Å². The Hall–Kier alpha value is -1.69. The zero-order chi connectivity index (χ0) is 14.8. The molecular weight excluding hydrogens is 311 g/mol. The van der Waals surface area contributed by atoms with Gasteiger partial charge in [-0.1, -0.05) is 35.9 Å². The molecule has 0 radical (unpaired) electrons. The van der Waals surface area contributed by atoms with Crippen LogP contribution in [0, 0.1) is 0 Å². The summed E-state index contributed by atoms with van der Waals surface area (Å²) in [6.45, 7) is 1.35. The van der Waals surface area contributed by atoms with Crippen molar-refractivity contribution in [1.29, 1.82) is 0 Å². The number of halogens is 2. The summed E-state index contributed by atoms with van der Waals surface area (Å²) in [5.41, 5.74) is 2.16. The first-order valence-corrected chi connectivity index (χ1v) is 7.18. The third-order valence-corrected chi connectivity index (χ3v) is 3.69. The monoisotopic (exact) mass is 322 g/mol. The fourth-order valence-corrected chi connectivity index (χ4v) is 2.81. The van der Waals surface area contributed by atoms with Gasteiger partial charge in [-0.3, -0.25) is 4.79 Å². The molecule has 7 heteroatoms. The molecule has 0 aliphatic carbocycles. The van der Waals surface area contributed by atoms with Gasteiger partial charge in [-0.2, -0.15) is 0 Å². The molecule has 0 bridgehead atoms. The number of aromatic nitrogens is 2. The Morgan fingerprint density at radius 2 is 2.10 bits per heavy atom. The van der Waals surface area contributed by atoms with E-state index < -0.39 is 0 Å².